The highest BCUT2D eigenvalue weighted by molar-refractivity contribution is 5.83. The number of benzene rings is 2. The highest BCUT2D eigenvalue weighted by Crippen LogP contribution is 2.18. The average molecular weight is 259 g/mol. The molecule has 0 bridgehead atoms. The Morgan fingerprint density at radius 3 is 2.32 bits per heavy atom. The predicted molar refractivity (Wildman–Crippen MR) is 78.1 cm³/mol. The highest BCUT2D eigenvalue weighted by Gasteiger charge is 2.12. The van der Waals surface area contributed by atoms with Crippen LogP contribution in [0.25, 0.3) is 10.8 Å². The van der Waals surface area contributed by atoms with E-state index in [9.17, 15) is 10.2 Å². The molecule has 0 aliphatic heterocycles. The Morgan fingerprint density at radius 2 is 1.63 bits per heavy atom. The number of fused-ring (bicyclic) bond motifs is 1. The van der Waals surface area contributed by atoms with Gasteiger partial charge in [0.15, 0.2) is 0 Å². The summed E-state index contributed by atoms with van der Waals surface area (Å²) in [7, 11) is 1.91. The van der Waals surface area contributed by atoms with E-state index in [0.29, 0.717) is 0 Å². The lowest BCUT2D eigenvalue weighted by molar-refractivity contribution is 0.0874. The largest absolute Gasteiger partial charge is 0.395 e. The zero-order chi connectivity index (χ0) is 13.8. The molecule has 2 aromatic carbocycles. The molecule has 2 N–H and O–H groups in total. The molecule has 0 atom stereocenters. The molecule has 19 heavy (non-hydrogen) atoms. The first-order chi connectivity index (χ1) is 9.13. The van der Waals surface area contributed by atoms with E-state index in [2.05, 4.69) is 43.3 Å². The minimum Gasteiger partial charge on any atom is -0.395 e. The fraction of sp³-hybridized carbons (Fsp3) is 0.375. The first kappa shape index (κ1) is 14.0. The van der Waals surface area contributed by atoms with E-state index in [4.69, 9.17) is 0 Å². The van der Waals surface area contributed by atoms with Crippen LogP contribution in [0.5, 0.6) is 0 Å². The van der Waals surface area contributed by atoms with Crippen LogP contribution in [-0.4, -0.2) is 41.4 Å². The standard InChI is InChI=1S/C16H21NO2/c1-12-3-5-15-8-13(4-6-14(15)7-12)9-17(2)16(10-18)11-19/h3-8,16,18-19H,9-11H2,1-2H3. The molecular formula is C16H21NO2. The quantitative estimate of drug-likeness (QED) is 0.862. The minimum absolute atomic E-state index is 0.0280. The monoisotopic (exact) mass is 259 g/mol. The van der Waals surface area contributed by atoms with Gasteiger partial charge in [0.05, 0.1) is 19.3 Å². The van der Waals surface area contributed by atoms with E-state index < -0.39 is 0 Å². The van der Waals surface area contributed by atoms with Gasteiger partial charge < -0.3 is 10.2 Å². The molecular weight excluding hydrogens is 238 g/mol. The molecule has 0 heterocycles. The maximum absolute atomic E-state index is 9.18. The Morgan fingerprint density at radius 1 is 1.00 bits per heavy atom. The van der Waals surface area contributed by atoms with Gasteiger partial charge in [-0.15, -0.1) is 0 Å². The third kappa shape index (κ3) is 3.32. The fourth-order valence-electron chi connectivity index (χ4n) is 2.27. The second-order valence-electron chi connectivity index (χ2n) is 5.12. The van der Waals surface area contributed by atoms with Crippen LogP contribution in [0.2, 0.25) is 0 Å². The van der Waals surface area contributed by atoms with Crippen molar-refractivity contribution in [3.63, 3.8) is 0 Å². The van der Waals surface area contributed by atoms with E-state index in [1.165, 1.54) is 21.9 Å². The van der Waals surface area contributed by atoms with Crippen LogP contribution in [0.4, 0.5) is 0 Å². The van der Waals surface area contributed by atoms with Gasteiger partial charge >= 0.3 is 0 Å². The summed E-state index contributed by atoms with van der Waals surface area (Å²) in [4.78, 5) is 1.97. The van der Waals surface area contributed by atoms with Crippen LogP contribution < -0.4 is 0 Å². The summed E-state index contributed by atoms with van der Waals surface area (Å²) < 4.78 is 0. The van der Waals surface area contributed by atoms with Crippen molar-refractivity contribution in [1.82, 2.24) is 4.90 Å². The second kappa shape index (κ2) is 6.15. The lowest BCUT2D eigenvalue weighted by Crippen LogP contribution is -2.37. The summed E-state index contributed by atoms with van der Waals surface area (Å²) in [5.74, 6) is 0. The Kier molecular flexibility index (Phi) is 4.53. The van der Waals surface area contributed by atoms with Crippen molar-refractivity contribution in [1.29, 1.82) is 0 Å². The van der Waals surface area contributed by atoms with Crippen molar-refractivity contribution in [2.45, 2.75) is 19.5 Å². The Labute approximate surface area is 114 Å². The molecule has 0 aromatic heterocycles. The Bertz CT molecular complexity index is 549. The van der Waals surface area contributed by atoms with Crippen LogP contribution in [0.15, 0.2) is 36.4 Å². The summed E-state index contributed by atoms with van der Waals surface area (Å²) in [5.41, 5.74) is 2.45. The molecule has 0 aliphatic rings. The van der Waals surface area contributed by atoms with Gasteiger partial charge in [-0.1, -0.05) is 35.9 Å². The molecule has 0 radical (unpaired) electrons. The van der Waals surface area contributed by atoms with Crippen molar-refractivity contribution >= 4 is 10.8 Å². The van der Waals surface area contributed by atoms with Gasteiger partial charge in [0, 0.05) is 6.54 Å². The number of hydrogen-bond acceptors (Lipinski definition) is 3. The molecule has 0 saturated carbocycles. The molecule has 3 nitrogen and oxygen atoms in total. The predicted octanol–water partition coefficient (Wildman–Crippen LogP) is 1.93. The Hall–Kier alpha value is -1.42. The number of aliphatic hydroxyl groups excluding tert-OH is 2. The van der Waals surface area contributed by atoms with Crippen molar-refractivity contribution < 1.29 is 10.2 Å². The first-order valence-electron chi connectivity index (χ1n) is 6.55. The molecule has 102 valence electrons. The van der Waals surface area contributed by atoms with E-state index in [0.717, 1.165) is 6.54 Å². The van der Waals surface area contributed by atoms with Gasteiger partial charge in [-0.05, 0) is 36.4 Å². The normalized spacial score (nSPS) is 11.7. The summed E-state index contributed by atoms with van der Waals surface area (Å²) >= 11 is 0. The number of rotatable bonds is 5. The number of hydrogen-bond donors (Lipinski definition) is 2. The third-order valence-corrected chi connectivity index (χ3v) is 3.54. The lowest BCUT2D eigenvalue weighted by atomic mass is 10.0. The molecule has 3 heteroatoms. The van der Waals surface area contributed by atoms with Gasteiger partial charge in [-0.2, -0.15) is 0 Å². The van der Waals surface area contributed by atoms with Crippen molar-refractivity contribution in [3.05, 3.63) is 47.5 Å². The molecule has 0 aliphatic carbocycles. The fourth-order valence-corrected chi connectivity index (χ4v) is 2.27. The van der Waals surface area contributed by atoms with Crippen LogP contribution >= 0.6 is 0 Å². The number of aliphatic hydroxyl groups is 2. The van der Waals surface area contributed by atoms with E-state index in [1.807, 2.05) is 11.9 Å². The SMILES string of the molecule is Cc1ccc2cc(CN(C)C(CO)CO)ccc2c1. The van der Waals surface area contributed by atoms with Crippen molar-refractivity contribution in [2.75, 3.05) is 20.3 Å². The number of nitrogens with zero attached hydrogens (tertiary/aromatic N) is 1. The molecule has 0 spiro atoms. The third-order valence-electron chi connectivity index (χ3n) is 3.54. The zero-order valence-electron chi connectivity index (χ0n) is 11.5. The first-order valence-corrected chi connectivity index (χ1v) is 6.55. The summed E-state index contributed by atoms with van der Waals surface area (Å²) in [6.07, 6.45) is 0. The van der Waals surface area contributed by atoms with Crippen LogP contribution in [0.1, 0.15) is 11.1 Å². The summed E-state index contributed by atoms with van der Waals surface area (Å²) in [6, 6.07) is 12.6. The van der Waals surface area contributed by atoms with Gasteiger partial charge in [-0.25, -0.2) is 0 Å². The summed E-state index contributed by atoms with van der Waals surface area (Å²) in [5, 5.41) is 20.8. The Balaban J connectivity index is 2.19. The van der Waals surface area contributed by atoms with Crippen LogP contribution in [-0.2, 0) is 6.54 Å². The number of aryl methyl sites for hydroxylation is 1. The average Bonchev–Trinajstić information content (AvgIpc) is 2.40. The lowest BCUT2D eigenvalue weighted by Gasteiger charge is -2.24. The van der Waals surface area contributed by atoms with Crippen LogP contribution in [0, 0.1) is 6.92 Å². The van der Waals surface area contributed by atoms with E-state index >= 15 is 0 Å². The molecule has 0 unspecified atom stereocenters. The molecule has 0 fully saturated rings. The van der Waals surface area contributed by atoms with Gasteiger partial charge in [-0.3, -0.25) is 4.90 Å². The second-order valence-corrected chi connectivity index (χ2v) is 5.12. The molecule has 2 rings (SSSR count). The maximum Gasteiger partial charge on any atom is 0.0609 e. The molecule has 0 amide bonds. The van der Waals surface area contributed by atoms with Gasteiger partial charge in [0.1, 0.15) is 0 Å². The zero-order valence-corrected chi connectivity index (χ0v) is 11.5. The maximum atomic E-state index is 9.18. The highest BCUT2D eigenvalue weighted by atomic mass is 16.3. The smallest absolute Gasteiger partial charge is 0.0609 e. The topological polar surface area (TPSA) is 43.7 Å². The number of likely N-dealkylation sites (N-methyl/N-ethyl adjacent to an activating group) is 1. The van der Waals surface area contributed by atoms with Crippen molar-refractivity contribution in [2.24, 2.45) is 0 Å². The van der Waals surface area contributed by atoms with E-state index in [-0.39, 0.29) is 19.3 Å². The van der Waals surface area contributed by atoms with Crippen molar-refractivity contribution in [3.8, 4) is 0 Å². The summed E-state index contributed by atoms with van der Waals surface area (Å²) in [6.45, 7) is 2.75. The molecule has 2 aromatic rings. The van der Waals surface area contributed by atoms with Gasteiger partial charge in [0.25, 0.3) is 0 Å². The van der Waals surface area contributed by atoms with Crippen LogP contribution in [0.3, 0.4) is 0 Å². The minimum atomic E-state index is -0.200. The van der Waals surface area contributed by atoms with Gasteiger partial charge in [0.2, 0.25) is 0 Å². The molecule has 0 saturated heterocycles. The van der Waals surface area contributed by atoms with E-state index in [1.54, 1.807) is 0 Å².